The Balaban J connectivity index is 1.26. The van der Waals surface area contributed by atoms with Gasteiger partial charge in [-0.15, -0.1) is 0 Å². The summed E-state index contributed by atoms with van der Waals surface area (Å²) in [4.78, 5) is 24.5. The average molecular weight is 788 g/mol. The first-order chi connectivity index (χ1) is 26.4. The Labute approximate surface area is 333 Å². The molecule has 0 saturated carbocycles. The lowest BCUT2D eigenvalue weighted by Crippen LogP contribution is -2.63. The minimum atomic E-state index is -1.31. The van der Waals surface area contributed by atoms with E-state index in [1.807, 2.05) is 39.8 Å². The summed E-state index contributed by atoms with van der Waals surface area (Å²) in [6.07, 6.45) is 8.19. The molecule has 12 heteroatoms. The van der Waals surface area contributed by atoms with Crippen LogP contribution in [0.2, 0.25) is 0 Å². The first kappa shape index (κ1) is 43.2. The lowest BCUT2D eigenvalue weighted by molar-refractivity contribution is -0.408. The Morgan fingerprint density at radius 2 is 1.71 bits per heavy atom. The first-order valence-corrected chi connectivity index (χ1v) is 21.5. The summed E-state index contributed by atoms with van der Waals surface area (Å²) in [5.41, 5.74) is 0.186. The van der Waals surface area contributed by atoms with E-state index in [4.69, 9.17) is 38.1 Å². The van der Waals surface area contributed by atoms with E-state index in [1.54, 1.807) is 0 Å². The van der Waals surface area contributed by atoms with E-state index in [2.05, 4.69) is 41.5 Å². The monoisotopic (exact) mass is 787 g/mol. The SMILES string of the molecule is CC[C@@H](C(=O)O)[C@H]1CC[C@H](C)[C@H]([C@@H](C)c2onc([C@H](CC)[C@H]3O[C@]4(C=C[C@@H](OC(C)=O)[C@]5(CC[C@@](C)([C@H]6CC[C@](O)(CC)[C@H](C)O6)O5)O4)[C@H](C)C[C@@H]3C)c2C)O1. The van der Waals surface area contributed by atoms with Crippen molar-refractivity contribution in [1.29, 1.82) is 0 Å². The minimum absolute atomic E-state index is 0.0525. The number of nitrogens with zero attached hydrogens (tertiary/aromatic N) is 1. The zero-order valence-electron chi connectivity index (χ0n) is 35.7. The van der Waals surface area contributed by atoms with E-state index in [1.165, 1.54) is 6.92 Å². The Morgan fingerprint density at radius 3 is 2.34 bits per heavy atom. The Hall–Kier alpha value is -2.35. The molecule has 4 saturated heterocycles. The van der Waals surface area contributed by atoms with E-state index in [-0.39, 0.29) is 60.1 Å². The number of esters is 1. The van der Waals surface area contributed by atoms with E-state index in [9.17, 15) is 19.8 Å². The lowest BCUT2D eigenvalue weighted by Gasteiger charge is -2.54. The van der Waals surface area contributed by atoms with Crippen LogP contribution < -0.4 is 0 Å². The topological polar surface area (TPSA) is 156 Å². The molecular formula is C44H69NO11. The molecule has 0 aromatic carbocycles. The number of carboxylic acid groups (broad SMARTS) is 1. The number of aromatic nitrogens is 1. The molecule has 2 N–H and O–H groups in total. The smallest absolute Gasteiger partial charge is 0.309 e. The van der Waals surface area contributed by atoms with Gasteiger partial charge in [-0.1, -0.05) is 53.6 Å². The van der Waals surface area contributed by atoms with Crippen molar-refractivity contribution in [1.82, 2.24) is 5.16 Å². The van der Waals surface area contributed by atoms with Crippen LogP contribution >= 0.6 is 0 Å². The maximum Gasteiger partial charge on any atom is 0.309 e. The molecule has 0 amide bonds. The van der Waals surface area contributed by atoms with Crippen LogP contribution in [0.15, 0.2) is 16.7 Å². The number of aliphatic carboxylic acids is 1. The summed E-state index contributed by atoms with van der Waals surface area (Å²) in [6, 6.07) is 0. The molecule has 6 rings (SSSR count). The Kier molecular flexibility index (Phi) is 12.6. The van der Waals surface area contributed by atoms with Gasteiger partial charge in [0.1, 0.15) is 5.76 Å². The molecule has 5 aliphatic heterocycles. The van der Waals surface area contributed by atoms with E-state index in [0.717, 1.165) is 42.7 Å². The zero-order chi connectivity index (χ0) is 41.0. The number of hydrogen-bond acceptors (Lipinski definition) is 11. The largest absolute Gasteiger partial charge is 0.481 e. The molecule has 5 aliphatic rings. The van der Waals surface area contributed by atoms with Crippen LogP contribution in [-0.4, -0.2) is 86.7 Å². The van der Waals surface area contributed by atoms with Gasteiger partial charge >= 0.3 is 11.9 Å². The fourth-order valence-electron chi connectivity index (χ4n) is 10.9. The zero-order valence-corrected chi connectivity index (χ0v) is 35.7. The molecule has 1 aromatic rings. The van der Waals surface area contributed by atoms with Crippen molar-refractivity contribution in [2.24, 2.45) is 23.7 Å². The van der Waals surface area contributed by atoms with Crippen molar-refractivity contribution in [3.05, 3.63) is 29.2 Å². The molecule has 16 atom stereocenters. The normalized spacial score (nSPS) is 43.1. The van der Waals surface area contributed by atoms with Crippen molar-refractivity contribution in [3.63, 3.8) is 0 Å². The molecular weight excluding hydrogens is 718 g/mol. The van der Waals surface area contributed by atoms with Crippen LogP contribution in [0.4, 0.5) is 0 Å². The molecule has 0 bridgehead atoms. The van der Waals surface area contributed by atoms with Gasteiger partial charge < -0.3 is 43.2 Å². The summed E-state index contributed by atoms with van der Waals surface area (Å²) in [6.45, 7) is 22.1. The van der Waals surface area contributed by atoms with Gasteiger partial charge in [0.25, 0.3) is 0 Å². The Morgan fingerprint density at radius 1 is 0.982 bits per heavy atom. The summed E-state index contributed by atoms with van der Waals surface area (Å²) in [5.74, 6) is -3.39. The minimum Gasteiger partial charge on any atom is -0.481 e. The van der Waals surface area contributed by atoms with E-state index >= 15 is 0 Å². The third kappa shape index (κ3) is 7.76. The third-order valence-electron chi connectivity index (χ3n) is 14.6. The van der Waals surface area contributed by atoms with Crippen LogP contribution in [0, 0.1) is 30.6 Å². The lowest BCUT2D eigenvalue weighted by atomic mass is 9.76. The van der Waals surface area contributed by atoms with Gasteiger partial charge in [0.2, 0.25) is 5.79 Å². The highest BCUT2D eigenvalue weighted by molar-refractivity contribution is 5.70. The second-order valence-corrected chi connectivity index (χ2v) is 18.3. The molecule has 6 heterocycles. The van der Waals surface area contributed by atoms with Crippen LogP contribution in [0.25, 0.3) is 0 Å². The van der Waals surface area contributed by atoms with Gasteiger partial charge in [0.15, 0.2) is 11.9 Å². The number of hydrogen-bond donors (Lipinski definition) is 2. The molecule has 0 radical (unpaired) electrons. The van der Waals surface area contributed by atoms with E-state index < -0.39 is 46.7 Å². The molecule has 0 aliphatic carbocycles. The average Bonchev–Trinajstić information content (AvgIpc) is 3.70. The number of carbonyl (C=O) groups excluding carboxylic acids is 1. The van der Waals surface area contributed by atoms with Gasteiger partial charge in [0, 0.05) is 36.7 Å². The number of aliphatic hydroxyl groups is 1. The molecule has 1 aromatic heterocycles. The van der Waals surface area contributed by atoms with Crippen LogP contribution in [0.3, 0.4) is 0 Å². The maximum atomic E-state index is 12.5. The fourth-order valence-corrected chi connectivity index (χ4v) is 10.9. The van der Waals surface area contributed by atoms with Gasteiger partial charge in [-0.2, -0.15) is 0 Å². The molecule has 56 heavy (non-hydrogen) atoms. The quantitative estimate of drug-likeness (QED) is 0.164. The predicted octanol–water partition coefficient (Wildman–Crippen LogP) is 8.12. The third-order valence-corrected chi connectivity index (χ3v) is 14.6. The molecule has 0 unspecified atom stereocenters. The summed E-state index contributed by atoms with van der Waals surface area (Å²) >= 11 is 0. The summed E-state index contributed by atoms with van der Waals surface area (Å²) in [7, 11) is 0. The number of carbonyl (C=O) groups is 2. The molecule has 4 fully saturated rings. The molecule has 12 nitrogen and oxygen atoms in total. The van der Waals surface area contributed by atoms with E-state index in [0.29, 0.717) is 38.5 Å². The first-order valence-electron chi connectivity index (χ1n) is 21.5. The highest BCUT2D eigenvalue weighted by atomic mass is 16.8. The fraction of sp³-hybridized carbons (Fsp3) is 0.841. The van der Waals surface area contributed by atoms with Crippen LogP contribution in [0.5, 0.6) is 0 Å². The van der Waals surface area contributed by atoms with Gasteiger partial charge in [0.05, 0.1) is 53.3 Å². The van der Waals surface area contributed by atoms with Crippen molar-refractivity contribution in [2.75, 3.05) is 0 Å². The second kappa shape index (κ2) is 16.4. The molecule has 316 valence electrons. The van der Waals surface area contributed by atoms with Gasteiger partial charge in [-0.05, 0) is 103 Å². The Bertz CT molecular complexity index is 1600. The summed E-state index contributed by atoms with van der Waals surface area (Å²) < 4.78 is 46.6. The number of ether oxygens (including phenoxy) is 6. The summed E-state index contributed by atoms with van der Waals surface area (Å²) in [5, 5.41) is 25.7. The second-order valence-electron chi connectivity index (χ2n) is 18.3. The van der Waals surface area contributed by atoms with Crippen molar-refractivity contribution >= 4 is 11.9 Å². The molecule has 2 spiro atoms. The number of carboxylic acids is 1. The van der Waals surface area contributed by atoms with Crippen molar-refractivity contribution < 1.29 is 52.7 Å². The van der Waals surface area contributed by atoms with Crippen LogP contribution in [-0.2, 0) is 38.0 Å². The maximum absolute atomic E-state index is 12.5. The highest BCUT2D eigenvalue weighted by Crippen LogP contribution is 2.55. The predicted molar refractivity (Wildman–Crippen MR) is 208 cm³/mol. The van der Waals surface area contributed by atoms with Gasteiger partial charge in [-0.3, -0.25) is 9.59 Å². The van der Waals surface area contributed by atoms with Crippen molar-refractivity contribution in [2.45, 2.75) is 212 Å². The van der Waals surface area contributed by atoms with Crippen LogP contribution in [0.1, 0.15) is 162 Å². The highest BCUT2D eigenvalue weighted by Gasteiger charge is 2.64. The van der Waals surface area contributed by atoms with Crippen molar-refractivity contribution in [3.8, 4) is 0 Å². The standard InChI is InChI=1S/C44H69NO11/c1-12-31(40(47)48)33-16-15-24(4)37(52-33)28(8)39-27(7)36(45-54-39)32(13-2)38-25(5)23-26(6)43(53-38)20-18-35(51-30(10)46)44(56-43)22-21-41(11,55-44)34-17-19-42(49,14-3)29(9)50-34/h18,20,24-26,28-29,31-35,37-38,49H,12-17,19,21-23H2,1-11H3,(H,47,48)/t24-,25-,26+,28+,29-,31+,32-,33+,34+,35+,37+,38-,41-,42+,43-,44-/m0/s1. The van der Waals surface area contributed by atoms with Gasteiger partial charge in [-0.25, -0.2) is 0 Å². The number of rotatable bonds is 11.